The number of carbonyl (C=O) groups excluding carboxylic acids is 3. The molecule has 1 N–H and O–H groups in total. The number of amides is 3. The normalized spacial score (nSPS) is 24.2. The summed E-state index contributed by atoms with van der Waals surface area (Å²) in [4.78, 5) is 43.4. The minimum atomic E-state index is -0.261. The Morgan fingerprint density at radius 2 is 1.74 bits per heavy atom. The van der Waals surface area contributed by atoms with E-state index in [1.165, 1.54) is 0 Å². The van der Waals surface area contributed by atoms with Crippen LogP contribution in [0.4, 0.5) is 0 Å². The molecule has 0 radical (unpaired) electrons. The molecular formula is C28H33N3O4. The van der Waals surface area contributed by atoms with Gasteiger partial charge in [0.2, 0.25) is 11.8 Å². The molecule has 184 valence electrons. The highest BCUT2D eigenvalue weighted by Gasteiger charge is 2.54. The molecule has 7 nitrogen and oxygen atoms in total. The first kappa shape index (κ1) is 23.5. The fraction of sp³-hybridized carbons (Fsp3) is 0.464. The molecule has 2 aliphatic heterocycles. The Morgan fingerprint density at radius 1 is 1.03 bits per heavy atom. The molecule has 2 heterocycles. The van der Waals surface area contributed by atoms with E-state index < -0.39 is 0 Å². The highest BCUT2D eigenvalue weighted by atomic mass is 16.3. The van der Waals surface area contributed by atoms with E-state index >= 15 is 0 Å². The van der Waals surface area contributed by atoms with E-state index in [1.807, 2.05) is 48.5 Å². The molecule has 3 atom stereocenters. The number of hydrogen-bond acceptors (Lipinski definition) is 4. The van der Waals surface area contributed by atoms with Gasteiger partial charge < -0.3 is 19.8 Å². The van der Waals surface area contributed by atoms with Gasteiger partial charge in [0, 0.05) is 38.0 Å². The predicted molar refractivity (Wildman–Crippen MR) is 133 cm³/mol. The van der Waals surface area contributed by atoms with Crippen molar-refractivity contribution in [1.82, 2.24) is 14.7 Å². The molecule has 2 aromatic rings. The monoisotopic (exact) mass is 475 g/mol. The Kier molecular flexibility index (Phi) is 6.36. The number of carbonyl (C=O) groups is 3. The molecule has 1 aliphatic carbocycles. The number of nitrogens with zero attached hydrogens (tertiary/aromatic N) is 3. The zero-order valence-electron chi connectivity index (χ0n) is 20.4. The van der Waals surface area contributed by atoms with E-state index in [0.717, 1.165) is 42.4 Å². The van der Waals surface area contributed by atoms with Gasteiger partial charge in [-0.05, 0) is 41.7 Å². The zero-order chi connectivity index (χ0) is 24.7. The van der Waals surface area contributed by atoms with Crippen LogP contribution in [-0.4, -0.2) is 83.4 Å². The molecule has 0 spiro atoms. The summed E-state index contributed by atoms with van der Waals surface area (Å²) in [5.41, 5.74) is 3.65. The van der Waals surface area contributed by atoms with Crippen molar-refractivity contribution in [1.29, 1.82) is 0 Å². The Labute approximate surface area is 206 Å². The lowest BCUT2D eigenvalue weighted by Crippen LogP contribution is -2.73. The van der Waals surface area contributed by atoms with Crippen molar-refractivity contribution in [3.05, 3.63) is 59.7 Å². The van der Waals surface area contributed by atoms with Crippen LogP contribution in [0.15, 0.2) is 48.5 Å². The van der Waals surface area contributed by atoms with Gasteiger partial charge in [-0.3, -0.25) is 14.4 Å². The van der Waals surface area contributed by atoms with Gasteiger partial charge in [-0.1, -0.05) is 49.2 Å². The highest BCUT2D eigenvalue weighted by molar-refractivity contribution is 5.95. The van der Waals surface area contributed by atoms with E-state index in [2.05, 4.69) is 0 Å². The summed E-state index contributed by atoms with van der Waals surface area (Å²) >= 11 is 0. The predicted octanol–water partition coefficient (Wildman–Crippen LogP) is 2.74. The smallest absolute Gasteiger partial charge is 0.253 e. The van der Waals surface area contributed by atoms with Crippen LogP contribution in [0.2, 0.25) is 0 Å². The Balaban J connectivity index is 1.35. The largest absolute Gasteiger partial charge is 0.394 e. The molecule has 0 aromatic heterocycles. The third-order valence-corrected chi connectivity index (χ3v) is 7.91. The molecule has 3 fully saturated rings. The average Bonchev–Trinajstić information content (AvgIpc) is 3.40. The number of aliphatic hydroxyl groups is 1. The molecular weight excluding hydrogens is 442 g/mol. The fourth-order valence-corrected chi connectivity index (χ4v) is 6.09. The Hall–Kier alpha value is -3.19. The maximum atomic E-state index is 13.0. The quantitative estimate of drug-likeness (QED) is 0.721. The minimum Gasteiger partial charge on any atom is -0.394 e. The summed E-state index contributed by atoms with van der Waals surface area (Å²) in [7, 11) is 3.48. The number of piperazine rings is 1. The van der Waals surface area contributed by atoms with E-state index in [4.69, 9.17) is 0 Å². The van der Waals surface area contributed by atoms with Crippen LogP contribution in [0, 0.1) is 5.92 Å². The van der Waals surface area contributed by atoms with Crippen LogP contribution in [0.1, 0.15) is 47.5 Å². The van der Waals surface area contributed by atoms with Gasteiger partial charge in [-0.2, -0.15) is 0 Å². The molecule has 2 saturated heterocycles. The van der Waals surface area contributed by atoms with Gasteiger partial charge in [0.15, 0.2) is 0 Å². The molecule has 5 rings (SSSR count). The summed E-state index contributed by atoms with van der Waals surface area (Å²) in [5.74, 6) is 0.0448. The van der Waals surface area contributed by atoms with Crippen molar-refractivity contribution >= 4 is 17.7 Å². The van der Waals surface area contributed by atoms with Gasteiger partial charge in [0.25, 0.3) is 5.91 Å². The first-order chi connectivity index (χ1) is 16.9. The Morgan fingerprint density at radius 3 is 2.40 bits per heavy atom. The van der Waals surface area contributed by atoms with Crippen molar-refractivity contribution in [2.75, 3.05) is 33.8 Å². The lowest BCUT2D eigenvalue weighted by atomic mass is 9.73. The van der Waals surface area contributed by atoms with E-state index in [1.54, 1.807) is 28.8 Å². The molecule has 3 amide bonds. The maximum absolute atomic E-state index is 13.0. The van der Waals surface area contributed by atoms with E-state index in [0.29, 0.717) is 12.1 Å². The number of hydrogen-bond donors (Lipinski definition) is 1. The number of rotatable bonds is 5. The summed E-state index contributed by atoms with van der Waals surface area (Å²) in [6, 6.07) is 15.3. The molecule has 3 aliphatic rings. The van der Waals surface area contributed by atoms with Crippen molar-refractivity contribution in [2.24, 2.45) is 5.92 Å². The van der Waals surface area contributed by atoms with E-state index in [-0.39, 0.29) is 54.8 Å². The van der Waals surface area contributed by atoms with Crippen molar-refractivity contribution in [3.63, 3.8) is 0 Å². The molecule has 2 aromatic carbocycles. The van der Waals surface area contributed by atoms with Gasteiger partial charge >= 0.3 is 0 Å². The SMILES string of the molecule is CN(C)C(=O)c1cccc(-c2ccc([C@@H]3[C@H](CO)N4C(=O)CN(C(=O)C5CCCC5)C[C@@H]34)cc2)c1. The van der Waals surface area contributed by atoms with E-state index in [9.17, 15) is 19.5 Å². The van der Waals surface area contributed by atoms with Gasteiger partial charge in [-0.15, -0.1) is 0 Å². The van der Waals surface area contributed by atoms with Crippen molar-refractivity contribution < 1.29 is 19.5 Å². The second-order valence-electron chi connectivity index (χ2n) is 10.2. The van der Waals surface area contributed by atoms with Crippen LogP contribution in [-0.2, 0) is 9.59 Å². The maximum Gasteiger partial charge on any atom is 0.253 e. The molecule has 0 unspecified atom stereocenters. The molecule has 0 bridgehead atoms. The standard InChI is InChI=1S/C28H33N3O4/c1-29(2)27(34)22-9-5-8-21(14-22)18-10-12-19(13-11-18)26-23-15-30(28(35)20-6-3-4-7-20)16-25(33)31(23)24(26)17-32/h5,8-14,20,23-24,26,32H,3-4,6-7,15-17H2,1-2H3/t23-,24-,26-/m0/s1. The lowest BCUT2D eigenvalue weighted by molar-refractivity contribution is -0.168. The zero-order valence-corrected chi connectivity index (χ0v) is 20.4. The van der Waals surface area contributed by atoms with Crippen LogP contribution >= 0.6 is 0 Å². The van der Waals surface area contributed by atoms with Crippen molar-refractivity contribution in [2.45, 2.75) is 43.7 Å². The van der Waals surface area contributed by atoms with Gasteiger partial charge in [-0.25, -0.2) is 0 Å². The fourth-order valence-electron chi connectivity index (χ4n) is 6.09. The third kappa shape index (κ3) is 4.22. The average molecular weight is 476 g/mol. The van der Waals surface area contributed by atoms with Crippen LogP contribution in [0.25, 0.3) is 11.1 Å². The van der Waals surface area contributed by atoms with Crippen LogP contribution in [0.3, 0.4) is 0 Å². The first-order valence-corrected chi connectivity index (χ1v) is 12.5. The van der Waals surface area contributed by atoms with Gasteiger partial charge in [0.05, 0.1) is 25.2 Å². The van der Waals surface area contributed by atoms with Gasteiger partial charge in [0.1, 0.15) is 0 Å². The lowest BCUT2D eigenvalue weighted by Gasteiger charge is -2.59. The Bertz CT molecular complexity index is 1120. The molecule has 7 heteroatoms. The number of aliphatic hydroxyl groups excluding tert-OH is 1. The second kappa shape index (κ2) is 9.46. The van der Waals surface area contributed by atoms with Crippen molar-refractivity contribution in [3.8, 4) is 11.1 Å². The first-order valence-electron chi connectivity index (χ1n) is 12.5. The number of fused-ring (bicyclic) bond motifs is 1. The number of benzene rings is 2. The summed E-state index contributed by atoms with van der Waals surface area (Å²) < 4.78 is 0. The van der Waals surface area contributed by atoms with Crippen LogP contribution < -0.4 is 0 Å². The molecule has 1 saturated carbocycles. The van der Waals surface area contributed by atoms with Crippen LogP contribution in [0.5, 0.6) is 0 Å². The topological polar surface area (TPSA) is 81.2 Å². The summed E-state index contributed by atoms with van der Waals surface area (Å²) in [6.45, 7) is 0.550. The third-order valence-electron chi connectivity index (χ3n) is 7.91. The summed E-state index contributed by atoms with van der Waals surface area (Å²) in [6.07, 6.45) is 4.01. The second-order valence-corrected chi connectivity index (χ2v) is 10.2. The molecule has 35 heavy (non-hydrogen) atoms. The summed E-state index contributed by atoms with van der Waals surface area (Å²) in [5, 5.41) is 10.1. The minimum absolute atomic E-state index is 0.0150. The highest BCUT2D eigenvalue weighted by Crippen LogP contribution is 2.43.